The Balaban J connectivity index is 1.47. The number of hydrogen-bond donors (Lipinski definition) is 2. The summed E-state index contributed by atoms with van der Waals surface area (Å²) in [6.07, 6.45) is 1.56. The number of rotatable bonds is 5. The molecule has 2 aliphatic heterocycles. The number of carbonyl (C=O) groups excluding carboxylic acids is 1. The highest BCUT2D eigenvalue weighted by atomic mass is 35.5. The first-order valence-electron chi connectivity index (χ1n) is 9.58. The molecule has 0 radical (unpaired) electrons. The highest BCUT2D eigenvalue weighted by molar-refractivity contribution is 7.93. The van der Waals surface area contributed by atoms with E-state index in [1.807, 2.05) is 6.07 Å². The summed E-state index contributed by atoms with van der Waals surface area (Å²) in [5, 5.41) is 8.05. The Morgan fingerprint density at radius 1 is 1.19 bits per heavy atom. The van der Waals surface area contributed by atoms with Crippen molar-refractivity contribution >= 4 is 39.4 Å². The van der Waals surface area contributed by atoms with Crippen LogP contribution in [0.2, 0.25) is 5.02 Å². The van der Waals surface area contributed by atoms with Gasteiger partial charge < -0.3 is 15.4 Å². The lowest BCUT2D eigenvalue weighted by atomic mass is 10.1. The monoisotopic (exact) mass is 460 g/mol. The molecule has 10 heteroatoms. The van der Waals surface area contributed by atoms with Crippen molar-refractivity contribution in [3.8, 4) is 5.75 Å². The molecular formula is C21H21ClN4O4S. The minimum Gasteiger partial charge on any atom is -0.487 e. The van der Waals surface area contributed by atoms with Gasteiger partial charge in [0, 0.05) is 35.8 Å². The molecule has 1 saturated heterocycles. The van der Waals surface area contributed by atoms with E-state index < -0.39 is 10.0 Å². The Bertz CT molecular complexity index is 1200. The van der Waals surface area contributed by atoms with Crippen molar-refractivity contribution in [2.45, 2.75) is 6.54 Å². The molecule has 0 aromatic heterocycles. The molecule has 0 atom stereocenters. The number of amides is 1. The van der Waals surface area contributed by atoms with E-state index in [4.69, 9.17) is 27.5 Å². The van der Waals surface area contributed by atoms with Gasteiger partial charge in [-0.1, -0.05) is 29.8 Å². The van der Waals surface area contributed by atoms with Crippen LogP contribution < -0.4 is 10.5 Å². The molecule has 4 rings (SSSR count). The second-order valence-electron chi connectivity index (χ2n) is 7.35. The van der Waals surface area contributed by atoms with Crippen LogP contribution in [-0.4, -0.2) is 55.6 Å². The average Bonchev–Trinajstić information content (AvgIpc) is 2.74. The predicted octanol–water partition coefficient (Wildman–Crippen LogP) is 2.03. The lowest BCUT2D eigenvalue weighted by molar-refractivity contribution is -0.134. The van der Waals surface area contributed by atoms with Gasteiger partial charge in [0.15, 0.2) is 0 Å². The van der Waals surface area contributed by atoms with Gasteiger partial charge in [0.2, 0.25) is 15.9 Å². The van der Waals surface area contributed by atoms with Crippen LogP contribution in [0.15, 0.2) is 47.4 Å². The number of halogens is 1. The maximum absolute atomic E-state index is 13.1. The van der Waals surface area contributed by atoms with Gasteiger partial charge in [-0.2, -0.15) is 4.31 Å². The zero-order chi connectivity index (χ0) is 22.2. The predicted molar refractivity (Wildman–Crippen MR) is 118 cm³/mol. The Morgan fingerprint density at radius 3 is 2.74 bits per heavy atom. The third-order valence-corrected chi connectivity index (χ3v) is 7.35. The van der Waals surface area contributed by atoms with E-state index in [2.05, 4.69) is 0 Å². The largest absolute Gasteiger partial charge is 0.487 e. The van der Waals surface area contributed by atoms with Gasteiger partial charge in [0.05, 0.1) is 11.4 Å². The first kappa shape index (κ1) is 21.4. The number of piperazine rings is 1. The van der Waals surface area contributed by atoms with Crippen LogP contribution in [0.4, 0.5) is 0 Å². The van der Waals surface area contributed by atoms with Gasteiger partial charge in [-0.05, 0) is 35.9 Å². The molecule has 0 spiro atoms. The van der Waals surface area contributed by atoms with Crippen LogP contribution in [0.25, 0.3) is 6.08 Å². The number of nitrogens with two attached hydrogens (primary N) is 1. The second kappa shape index (κ2) is 8.33. The molecule has 0 unspecified atom stereocenters. The van der Waals surface area contributed by atoms with E-state index in [0.717, 1.165) is 5.56 Å². The van der Waals surface area contributed by atoms with E-state index in [1.165, 1.54) is 4.31 Å². The summed E-state index contributed by atoms with van der Waals surface area (Å²) in [4.78, 5) is 14.4. The van der Waals surface area contributed by atoms with Crippen molar-refractivity contribution in [3.05, 3.63) is 69.1 Å². The third kappa shape index (κ3) is 4.43. The van der Waals surface area contributed by atoms with E-state index in [9.17, 15) is 13.2 Å². The summed E-state index contributed by atoms with van der Waals surface area (Å²) < 4.78 is 32.9. The summed E-state index contributed by atoms with van der Waals surface area (Å²) in [5.74, 6) is 0.198. The van der Waals surface area contributed by atoms with Crippen molar-refractivity contribution in [1.82, 2.24) is 9.21 Å². The zero-order valence-corrected chi connectivity index (χ0v) is 18.1. The fraction of sp³-hybridized carbons (Fsp3) is 0.238. The SMILES string of the molecule is N=C(N)c1cccc(CN2CCN(S(=O)(=O)C3=Cc4ccc(Cl)cc4OC3)CC2=O)c1. The number of nitrogens with zero attached hydrogens (tertiary/aromatic N) is 2. The maximum atomic E-state index is 13.1. The Hall–Kier alpha value is -2.88. The summed E-state index contributed by atoms with van der Waals surface area (Å²) in [5.41, 5.74) is 7.56. The standard InChI is InChI=1S/C21H21ClN4O4S/c22-17-5-4-15-9-18(13-30-19(15)10-17)31(28,29)26-7-6-25(20(27)12-26)11-14-2-1-3-16(8-14)21(23)24/h1-5,8-10H,6-7,11-13H2,(H3,23,24). The molecule has 31 heavy (non-hydrogen) atoms. The molecule has 2 aromatic carbocycles. The maximum Gasteiger partial charge on any atom is 0.243 e. The number of hydrogen-bond acceptors (Lipinski definition) is 5. The first-order valence-corrected chi connectivity index (χ1v) is 11.4. The lowest BCUT2D eigenvalue weighted by Gasteiger charge is -2.34. The second-order valence-corrected chi connectivity index (χ2v) is 9.78. The zero-order valence-electron chi connectivity index (χ0n) is 16.5. The van der Waals surface area contributed by atoms with Gasteiger partial charge in [-0.15, -0.1) is 0 Å². The van der Waals surface area contributed by atoms with E-state index >= 15 is 0 Å². The van der Waals surface area contributed by atoms with Gasteiger partial charge in [0.1, 0.15) is 18.2 Å². The van der Waals surface area contributed by atoms with E-state index in [0.29, 0.717) is 28.4 Å². The molecule has 2 heterocycles. The van der Waals surface area contributed by atoms with Crippen LogP contribution in [0.3, 0.4) is 0 Å². The van der Waals surface area contributed by atoms with Crippen molar-refractivity contribution in [2.75, 3.05) is 26.2 Å². The van der Waals surface area contributed by atoms with Crippen molar-refractivity contribution in [1.29, 1.82) is 5.41 Å². The number of benzene rings is 2. The van der Waals surface area contributed by atoms with Crippen LogP contribution in [0.1, 0.15) is 16.7 Å². The summed E-state index contributed by atoms with van der Waals surface area (Å²) in [6.45, 7) is 0.434. The van der Waals surface area contributed by atoms with Crippen molar-refractivity contribution in [2.24, 2.45) is 5.73 Å². The van der Waals surface area contributed by atoms with Gasteiger partial charge in [-0.3, -0.25) is 10.2 Å². The average molecular weight is 461 g/mol. The molecule has 162 valence electrons. The van der Waals surface area contributed by atoms with Gasteiger partial charge in [-0.25, -0.2) is 8.42 Å². The van der Waals surface area contributed by atoms with Crippen LogP contribution in [0.5, 0.6) is 5.75 Å². The Morgan fingerprint density at radius 2 is 2.00 bits per heavy atom. The molecule has 8 nitrogen and oxygen atoms in total. The summed E-state index contributed by atoms with van der Waals surface area (Å²) in [7, 11) is -3.84. The van der Waals surface area contributed by atoms with Crippen LogP contribution >= 0.6 is 11.6 Å². The third-order valence-electron chi connectivity index (χ3n) is 5.23. The van der Waals surface area contributed by atoms with Crippen LogP contribution in [-0.2, 0) is 21.4 Å². The molecular weight excluding hydrogens is 440 g/mol. The molecule has 2 aliphatic rings. The molecule has 0 aliphatic carbocycles. The van der Waals surface area contributed by atoms with Crippen LogP contribution in [0, 0.1) is 5.41 Å². The lowest BCUT2D eigenvalue weighted by Crippen LogP contribution is -2.52. The Kier molecular flexibility index (Phi) is 5.74. The molecule has 0 bridgehead atoms. The highest BCUT2D eigenvalue weighted by Gasteiger charge is 2.35. The van der Waals surface area contributed by atoms with Gasteiger partial charge >= 0.3 is 0 Å². The number of sulfonamides is 1. The number of nitrogen functional groups attached to an aromatic ring is 1. The smallest absolute Gasteiger partial charge is 0.243 e. The molecule has 1 amide bonds. The number of carbonyl (C=O) groups is 1. The van der Waals surface area contributed by atoms with Crippen molar-refractivity contribution < 1.29 is 17.9 Å². The quantitative estimate of drug-likeness (QED) is 0.523. The molecule has 1 fully saturated rings. The highest BCUT2D eigenvalue weighted by Crippen LogP contribution is 2.32. The first-order chi connectivity index (χ1) is 14.7. The van der Waals surface area contributed by atoms with E-state index in [-0.39, 0.29) is 42.9 Å². The number of amidine groups is 1. The normalized spacial score (nSPS) is 17.0. The molecule has 0 saturated carbocycles. The Labute approximate surface area is 185 Å². The minimum atomic E-state index is -3.84. The van der Waals surface area contributed by atoms with E-state index in [1.54, 1.807) is 47.4 Å². The van der Waals surface area contributed by atoms with Gasteiger partial charge in [0.25, 0.3) is 0 Å². The minimum absolute atomic E-state index is 0.0455. The molecule has 2 aromatic rings. The number of nitrogens with one attached hydrogen (secondary N) is 1. The summed E-state index contributed by atoms with van der Waals surface area (Å²) >= 11 is 5.95. The fourth-order valence-corrected chi connectivity index (χ4v) is 5.13. The number of ether oxygens (including phenoxy) is 1. The summed E-state index contributed by atoms with van der Waals surface area (Å²) in [6, 6.07) is 12.1. The topological polar surface area (TPSA) is 117 Å². The van der Waals surface area contributed by atoms with Crippen molar-refractivity contribution in [3.63, 3.8) is 0 Å². The number of fused-ring (bicyclic) bond motifs is 1. The molecule has 3 N–H and O–H groups in total. The fourth-order valence-electron chi connectivity index (χ4n) is 3.55.